The molecule has 3 saturated heterocycles. The maximum atomic E-state index is 14.5. The molecule has 1 aromatic heterocycles. The first kappa shape index (κ1) is 69.2. The molecular weight excluding hydrogens is 1140 g/mol. The molecule has 2 aromatic rings. The molecule has 3 aliphatic heterocycles. The summed E-state index contributed by atoms with van der Waals surface area (Å²) in [5.41, 5.74) is 12.4. The molecule has 1 aromatic carbocycles. The smallest absolute Gasteiger partial charge is 0.326 e. The minimum atomic E-state index is -1.95. The molecule has 11 amide bonds. The fraction of sp³-hybridized carbons (Fsp3) is 0.600. The summed E-state index contributed by atoms with van der Waals surface area (Å²) in [7, 11) is 0. The number of amides is 11. The highest BCUT2D eigenvalue weighted by molar-refractivity contribution is 6.00. The SMILES string of the molecule is CC(C)C[C@H](NC(=O)[C@@H](N)CCC(=O)O)C(=O)N[C@@H](Cc1ccccc1)C(=O)N1CCC[C@H]1C(=O)N[C@@H](CO)C(=O)N[C@H](C(=O)N[C@@H](CC(N)=O)C(=O)N1CCC[C@H]1C(=O)N[C@@H](Cc1cnc[nH]1)C(=O)N[C@@H](CO)C(=O)N1CCC[C@H]1C(=O)O)[C@@H](C)O. The van der Waals surface area contributed by atoms with E-state index in [1.807, 2.05) is 0 Å². The number of H-pyrrole nitrogens is 1. The molecule has 0 radical (unpaired) electrons. The Kier molecular flexibility index (Phi) is 26.0. The second-order valence-corrected chi connectivity index (χ2v) is 22.2. The van der Waals surface area contributed by atoms with Gasteiger partial charge in [0, 0.05) is 50.8 Å². The van der Waals surface area contributed by atoms with Crippen molar-refractivity contribution in [3.8, 4) is 0 Å². The highest BCUT2D eigenvalue weighted by Gasteiger charge is 2.44. The molecule has 5 rings (SSSR count). The Labute approximate surface area is 500 Å². The van der Waals surface area contributed by atoms with Gasteiger partial charge in [-0.1, -0.05) is 44.2 Å². The Bertz CT molecular complexity index is 2790. The molecule has 478 valence electrons. The normalized spacial score (nSPS) is 19.6. The number of nitrogens with two attached hydrogens (primary N) is 2. The van der Waals surface area contributed by atoms with Gasteiger partial charge in [-0.2, -0.15) is 0 Å². The first-order chi connectivity index (χ1) is 41.2. The number of carbonyl (C=O) groups excluding carboxylic acids is 11. The number of carboxylic acid groups (broad SMARTS) is 2. The lowest BCUT2D eigenvalue weighted by Crippen LogP contribution is -2.62. The van der Waals surface area contributed by atoms with Crippen LogP contribution >= 0.6 is 0 Å². The Morgan fingerprint density at radius 3 is 1.62 bits per heavy atom. The summed E-state index contributed by atoms with van der Waals surface area (Å²) in [6.07, 6.45) is 0.246. The topological polar surface area (TPSA) is 498 Å². The van der Waals surface area contributed by atoms with Gasteiger partial charge in [-0.15, -0.1) is 0 Å². The zero-order valence-corrected chi connectivity index (χ0v) is 48.6. The van der Waals surface area contributed by atoms with E-state index in [2.05, 4.69) is 47.2 Å². The zero-order valence-electron chi connectivity index (χ0n) is 48.6. The van der Waals surface area contributed by atoms with Crippen LogP contribution in [0.25, 0.3) is 0 Å². The number of aliphatic carboxylic acids is 2. The number of aromatic nitrogens is 2. The van der Waals surface area contributed by atoms with Gasteiger partial charge in [-0.3, -0.25) is 57.5 Å². The number of aromatic amines is 1. The fourth-order valence-corrected chi connectivity index (χ4v) is 10.5. The molecular formula is C55H80N14O18. The summed E-state index contributed by atoms with van der Waals surface area (Å²) < 4.78 is 0. The second-order valence-electron chi connectivity index (χ2n) is 22.2. The molecule has 87 heavy (non-hydrogen) atoms. The van der Waals surface area contributed by atoms with Crippen LogP contribution < -0.4 is 48.7 Å². The van der Waals surface area contributed by atoms with E-state index >= 15 is 0 Å². The van der Waals surface area contributed by atoms with Gasteiger partial charge >= 0.3 is 11.9 Å². The molecule has 0 bridgehead atoms. The summed E-state index contributed by atoms with van der Waals surface area (Å²) in [6.45, 7) is 2.59. The first-order valence-corrected chi connectivity index (χ1v) is 28.7. The average molecular weight is 1230 g/mol. The van der Waals surface area contributed by atoms with E-state index in [1.54, 1.807) is 44.2 Å². The van der Waals surface area contributed by atoms with E-state index in [9.17, 15) is 82.8 Å². The monoisotopic (exact) mass is 1220 g/mol. The number of primary amides is 1. The Morgan fingerprint density at radius 1 is 0.609 bits per heavy atom. The zero-order chi connectivity index (χ0) is 64.2. The van der Waals surface area contributed by atoms with Crippen LogP contribution in [0.4, 0.5) is 0 Å². The average Bonchev–Trinajstić information content (AvgIpc) is 2.32. The van der Waals surface area contributed by atoms with E-state index in [1.165, 1.54) is 17.4 Å². The summed E-state index contributed by atoms with van der Waals surface area (Å²) >= 11 is 0. The molecule has 0 aliphatic carbocycles. The number of carboxylic acids is 2. The third-order valence-electron chi connectivity index (χ3n) is 15.0. The standard InChI is InChI=1S/C55H80N14O18/c1-28(2)20-33(60-45(76)32(56)15-16-43(74)75)46(77)62-35(21-30-10-5-4-6-11-30)52(83)67-17-8-13-40(67)50(81)64-37(25-70)48(79)66-44(29(3)72)51(82)63-36(23-42(57)73)53(84)68-18-7-12-39(68)49(80)61-34(22-31-24-58-27-59-31)47(78)65-38(26-71)54(85)69-19-9-14-41(69)55(86)87/h4-6,10-11,24,27-29,32-41,44,70-72H,7-9,12-23,25-26,56H2,1-3H3,(H2,57,73)(H,58,59)(H,60,76)(H,61,80)(H,62,77)(H,63,82)(H,64,81)(H,65,78)(H,66,79)(H,74,75)(H,86,87)/t29-,32+,33+,34+,35+,36+,37+,38+,39+,40+,41+,44+/m1/s1. The quantitative estimate of drug-likeness (QED) is 0.0324. The van der Waals surface area contributed by atoms with Crippen molar-refractivity contribution in [3.63, 3.8) is 0 Å². The fourth-order valence-electron chi connectivity index (χ4n) is 10.5. The molecule has 32 nitrogen and oxygen atoms in total. The van der Waals surface area contributed by atoms with Crippen LogP contribution in [0.2, 0.25) is 0 Å². The van der Waals surface area contributed by atoms with Crippen molar-refractivity contribution >= 4 is 76.9 Å². The van der Waals surface area contributed by atoms with Crippen LogP contribution in [0.1, 0.15) is 96.2 Å². The lowest BCUT2D eigenvalue weighted by molar-refractivity contribution is -0.150. The van der Waals surface area contributed by atoms with Gasteiger partial charge in [0.2, 0.25) is 65.0 Å². The molecule has 4 heterocycles. The van der Waals surface area contributed by atoms with Crippen molar-refractivity contribution in [1.29, 1.82) is 0 Å². The third kappa shape index (κ3) is 19.7. The number of hydrogen-bond donors (Lipinski definition) is 15. The minimum absolute atomic E-state index is 0.00431. The largest absolute Gasteiger partial charge is 0.481 e. The summed E-state index contributed by atoms with van der Waals surface area (Å²) in [5.74, 6) is -13.2. The number of aliphatic hydroxyl groups is 3. The molecule has 3 aliphatic rings. The van der Waals surface area contributed by atoms with Gasteiger partial charge in [0.05, 0.1) is 38.1 Å². The van der Waals surface area contributed by atoms with E-state index in [0.717, 1.165) is 16.7 Å². The van der Waals surface area contributed by atoms with Crippen molar-refractivity contribution in [2.75, 3.05) is 32.8 Å². The molecule has 0 spiro atoms. The van der Waals surface area contributed by atoms with Crippen molar-refractivity contribution in [2.24, 2.45) is 17.4 Å². The molecule has 3 fully saturated rings. The summed E-state index contributed by atoms with van der Waals surface area (Å²) in [6, 6.07) is -7.75. The van der Waals surface area contributed by atoms with E-state index in [4.69, 9.17) is 16.6 Å². The predicted octanol–water partition coefficient (Wildman–Crippen LogP) is -5.87. The predicted molar refractivity (Wildman–Crippen MR) is 302 cm³/mol. The highest BCUT2D eigenvalue weighted by Crippen LogP contribution is 2.23. The molecule has 17 N–H and O–H groups in total. The third-order valence-corrected chi connectivity index (χ3v) is 15.0. The molecule has 32 heteroatoms. The van der Waals surface area contributed by atoms with Crippen molar-refractivity contribution in [1.82, 2.24) is 61.9 Å². The number of benzene rings is 1. The Hall–Kier alpha value is -8.62. The number of imidazole rings is 1. The highest BCUT2D eigenvalue weighted by atomic mass is 16.4. The Morgan fingerprint density at radius 2 is 1.10 bits per heavy atom. The van der Waals surface area contributed by atoms with Gasteiger partial charge in [-0.25, -0.2) is 9.78 Å². The Balaban J connectivity index is 1.26. The lowest BCUT2D eigenvalue weighted by atomic mass is 10.00. The maximum absolute atomic E-state index is 14.5. The van der Waals surface area contributed by atoms with Gasteiger partial charge in [0.15, 0.2) is 0 Å². The number of nitrogens with one attached hydrogen (secondary N) is 8. The number of rotatable bonds is 32. The maximum Gasteiger partial charge on any atom is 0.326 e. The van der Waals surface area contributed by atoms with E-state index in [0.29, 0.717) is 17.7 Å². The minimum Gasteiger partial charge on any atom is -0.481 e. The van der Waals surface area contributed by atoms with Gasteiger partial charge in [0.1, 0.15) is 60.4 Å². The number of hydrogen-bond acceptors (Lipinski definition) is 18. The van der Waals surface area contributed by atoms with Crippen molar-refractivity contribution in [2.45, 2.75) is 170 Å². The summed E-state index contributed by atoms with van der Waals surface area (Å²) in [5, 5.41) is 67.2. The summed E-state index contributed by atoms with van der Waals surface area (Å²) in [4.78, 5) is 184. The van der Waals surface area contributed by atoms with Crippen LogP contribution in [0.3, 0.4) is 0 Å². The van der Waals surface area contributed by atoms with Gasteiger partial charge in [0.25, 0.3) is 0 Å². The molecule has 0 unspecified atom stereocenters. The number of nitrogens with zero attached hydrogens (tertiary/aromatic N) is 4. The number of carbonyl (C=O) groups is 13. The van der Waals surface area contributed by atoms with Crippen LogP contribution in [0.5, 0.6) is 0 Å². The van der Waals surface area contributed by atoms with E-state index < -0.39 is 176 Å². The van der Waals surface area contributed by atoms with E-state index in [-0.39, 0.29) is 83.3 Å². The van der Waals surface area contributed by atoms with Crippen LogP contribution in [-0.2, 0) is 75.2 Å². The van der Waals surface area contributed by atoms with Crippen LogP contribution in [0.15, 0.2) is 42.9 Å². The molecule has 12 atom stereocenters. The van der Waals surface area contributed by atoms with Crippen LogP contribution in [0, 0.1) is 5.92 Å². The number of aliphatic hydroxyl groups excluding tert-OH is 3. The van der Waals surface area contributed by atoms with Crippen molar-refractivity contribution < 1.29 is 87.9 Å². The van der Waals surface area contributed by atoms with Gasteiger partial charge in [-0.05, 0) is 69.8 Å². The van der Waals surface area contributed by atoms with Crippen molar-refractivity contribution in [3.05, 3.63) is 54.1 Å². The van der Waals surface area contributed by atoms with Crippen LogP contribution in [-0.4, -0.2) is 233 Å². The van der Waals surface area contributed by atoms with Gasteiger partial charge < -0.3 is 93.9 Å². The lowest BCUT2D eigenvalue weighted by Gasteiger charge is -2.32. The second kappa shape index (κ2) is 32.8. The first-order valence-electron chi connectivity index (χ1n) is 28.7. The number of likely N-dealkylation sites (tertiary alicyclic amines) is 3. The molecule has 0 saturated carbocycles.